The Morgan fingerprint density at radius 1 is 1.10 bits per heavy atom. The van der Waals surface area contributed by atoms with Crippen LogP contribution in [0.15, 0.2) is 12.2 Å². The molecule has 0 aliphatic carbocycles. The molecule has 0 saturated heterocycles. The Morgan fingerprint density at radius 3 is 2.15 bits per heavy atom. The third kappa shape index (κ3) is 10.6. The number of carboxylic acids is 1. The van der Waals surface area contributed by atoms with Gasteiger partial charge in [-0.15, -0.1) is 0 Å². The molecule has 0 aliphatic rings. The summed E-state index contributed by atoms with van der Waals surface area (Å²) in [5.41, 5.74) is 0.536. The van der Waals surface area contributed by atoms with E-state index in [9.17, 15) is 14.7 Å². The van der Waals surface area contributed by atoms with E-state index in [1.807, 2.05) is 0 Å². The molecule has 0 spiro atoms. The van der Waals surface area contributed by atoms with Gasteiger partial charge in [0.15, 0.2) is 0 Å². The summed E-state index contributed by atoms with van der Waals surface area (Å²) in [5.74, 6) is -1.05. The van der Waals surface area contributed by atoms with E-state index in [0.717, 1.165) is 36.8 Å². The molecule has 0 rings (SSSR count). The van der Waals surface area contributed by atoms with Crippen molar-refractivity contribution >= 4 is 11.9 Å². The molecular weight excluding hydrogens is 256 g/mol. The van der Waals surface area contributed by atoms with Crippen LogP contribution in [-0.4, -0.2) is 50.1 Å². The first-order valence-electron chi connectivity index (χ1n) is 7.20. The van der Waals surface area contributed by atoms with Crippen molar-refractivity contribution in [1.82, 2.24) is 5.32 Å². The van der Waals surface area contributed by atoms with E-state index in [1.54, 1.807) is 6.92 Å². The normalized spacial score (nSPS) is 11.2. The number of unbranched alkanes of at least 4 members (excludes halogenated alkanes) is 2. The Bertz CT molecular complexity index is 338. The van der Waals surface area contributed by atoms with E-state index < -0.39 is 5.97 Å². The average Bonchev–Trinajstić information content (AvgIpc) is 2.33. The van der Waals surface area contributed by atoms with Crippen molar-refractivity contribution in [3.8, 4) is 0 Å². The predicted octanol–water partition coefficient (Wildman–Crippen LogP) is 0.456. The lowest BCUT2D eigenvalue weighted by atomic mass is 10.2. The van der Waals surface area contributed by atoms with Gasteiger partial charge in [0, 0.05) is 18.1 Å². The average molecular weight is 284 g/mol. The Morgan fingerprint density at radius 2 is 1.65 bits per heavy atom. The van der Waals surface area contributed by atoms with Crippen LogP contribution in [0.5, 0.6) is 0 Å². The van der Waals surface area contributed by atoms with E-state index in [-0.39, 0.29) is 12.3 Å². The van der Waals surface area contributed by atoms with Gasteiger partial charge in [0.05, 0.1) is 27.2 Å². The Kier molecular flexibility index (Phi) is 8.88. The molecule has 0 heterocycles. The molecule has 5 nitrogen and oxygen atoms in total. The molecule has 0 radical (unpaired) electrons. The number of rotatable bonds is 11. The van der Waals surface area contributed by atoms with Gasteiger partial charge in [-0.05, 0) is 39.0 Å². The number of hydrogen-bond donors (Lipinski definition) is 1. The third-order valence-corrected chi connectivity index (χ3v) is 3.26. The maximum atomic E-state index is 11.3. The van der Waals surface area contributed by atoms with Crippen molar-refractivity contribution in [3.63, 3.8) is 0 Å². The summed E-state index contributed by atoms with van der Waals surface area (Å²) in [6.07, 6.45) is 3.70. The fraction of sp³-hybridized carbons (Fsp3) is 0.733. The number of nitrogens with one attached hydrogen (secondary N) is 1. The minimum atomic E-state index is -0.969. The number of quaternary nitrogens is 1. The van der Waals surface area contributed by atoms with Gasteiger partial charge in [-0.1, -0.05) is 6.58 Å². The molecule has 0 aromatic rings. The molecule has 0 saturated carbocycles. The first-order valence-corrected chi connectivity index (χ1v) is 7.20. The largest absolute Gasteiger partial charge is 0.550 e. The van der Waals surface area contributed by atoms with Crippen LogP contribution in [0.2, 0.25) is 0 Å². The van der Waals surface area contributed by atoms with Gasteiger partial charge in [0.1, 0.15) is 0 Å². The monoisotopic (exact) mass is 284 g/mol. The molecule has 20 heavy (non-hydrogen) atoms. The standard InChI is InChI=1S/C15H28N2O3/c1-13(2)15(20)16-10-6-8-12-17(3,4)11-7-5-9-14(18)19/h1,5-12H2,2-4H3,(H-,16,18,19,20). The maximum Gasteiger partial charge on any atom is 0.246 e. The summed E-state index contributed by atoms with van der Waals surface area (Å²) in [6, 6.07) is 0. The number of nitrogens with zero attached hydrogens (tertiary/aromatic N) is 1. The highest BCUT2D eigenvalue weighted by Crippen LogP contribution is 2.06. The third-order valence-electron chi connectivity index (χ3n) is 3.26. The van der Waals surface area contributed by atoms with Gasteiger partial charge < -0.3 is 19.7 Å². The van der Waals surface area contributed by atoms with Crippen LogP contribution < -0.4 is 10.4 Å². The number of amides is 1. The van der Waals surface area contributed by atoms with Gasteiger partial charge in [0.2, 0.25) is 5.91 Å². The van der Waals surface area contributed by atoms with E-state index in [2.05, 4.69) is 26.0 Å². The summed E-state index contributed by atoms with van der Waals surface area (Å²) in [4.78, 5) is 21.6. The molecule has 0 unspecified atom stereocenters. The zero-order chi connectivity index (χ0) is 15.6. The van der Waals surface area contributed by atoms with Crippen LogP contribution in [0.4, 0.5) is 0 Å². The van der Waals surface area contributed by atoms with E-state index >= 15 is 0 Å². The van der Waals surface area contributed by atoms with Crippen molar-refractivity contribution in [2.24, 2.45) is 0 Å². The smallest absolute Gasteiger partial charge is 0.246 e. The fourth-order valence-corrected chi connectivity index (χ4v) is 1.94. The number of aliphatic carboxylic acids is 1. The quantitative estimate of drug-likeness (QED) is 0.340. The first kappa shape index (κ1) is 18.6. The summed E-state index contributed by atoms with van der Waals surface area (Å²) in [5, 5.41) is 13.1. The van der Waals surface area contributed by atoms with Gasteiger partial charge in [-0.3, -0.25) is 4.79 Å². The Labute approximate surface area is 122 Å². The maximum absolute atomic E-state index is 11.3. The summed E-state index contributed by atoms with van der Waals surface area (Å²) in [7, 11) is 4.29. The number of carbonyl (C=O) groups excluding carboxylic acids is 2. The molecule has 0 aromatic carbocycles. The van der Waals surface area contributed by atoms with Gasteiger partial charge in [0.25, 0.3) is 0 Å². The molecule has 1 amide bonds. The summed E-state index contributed by atoms with van der Waals surface area (Å²) in [6.45, 7) is 7.95. The van der Waals surface area contributed by atoms with E-state index in [0.29, 0.717) is 18.5 Å². The number of carboxylic acid groups (broad SMARTS) is 1. The predicted molar refractivity (Wildman–Crippen MR) is 77.8 cm³/mol. The topological polar surface area (TPSA) is 69.2 Å². The molecule has 1 N–H and O–H groups in total. The molecule has 116 valence electrons. The van der Waals surface area contributed by atoms with Crippen molar-refractivity contribution in [1.29, 1.82) is 0 Å². The SMILES string of the molecule is C=C(C)C(=O)NCCCC[N+](C)(C)CCCCC(=O)[O-]. The lowest BCUT2D eigenvalue weighted by Gasteiger charge is -2.30. The van der Waals surface area contributed by atoms with Crippen LogP contribution in [-0.2, 0) is 9.59 Å². The highest BCUT2D eigenvalue weighted by atomic mass is 16.4. The van der Waals surface area contributed by atoms with Crippen LogP contribution in [0.3, 0.4) is 0 Å². The summed E-state index contributed by atoms with van der Waals surface area (Å²) < 4.78 is 0.876. The van der Waals surface area contributed by atoms with Crippen LogP contribution in [0.25, 0.3) is 0 Å². The summed E-state index contributed by atoms with van der Waals surface area (Å²) >= 11 is 0. The van der Waals surface area contributed by atoms with E-state index in [1.165, 1.54) is 0 Å². The lowest BCUT2D eigenvalue weighted by Crippen LogP contribution is -2.41. The zero-order valence-electron chi connectivity index (χ0n) is 13.0. The number of carbonyl (C=O) groups is 2. The van der Waals surface area contributed by atoms with Gasteiger partial charge in [-0.2, -0.15) is 0 Å². The lowest BCUT2D eigenvalue weighted by molar-refractivity contribution is -0.890. The van der Waals surface area contributed by atoms with Crippen molar-refractivity contribution in [2.75, 3.05) is 33.7 Å². The van der Waals surface area contributed by atoms with Crippen LogP contribution in [0.1, 0.15) is 39.0 Å². The molecule has 0 aromatic heterocycles. The minimum absolute atomic E-state index is 0.0824. The van der Waals surface area contributed by atoms with Gasteiger partial charge in [-0.25, -0.2) is 0 Å². The van der Waals surface area contributed by atoms with Crippen LogP contribution in [0, 0.1) is 0 Å². The van der Waals surface area contributed by atoms with Crippen molar-refractivity contribution < 1.29 is 19.2 Å². The van der Waals surface area contributed by atoms with Crippen molar-refractivity contribution in [2.45, 2.75) is 39.0 Å². The molecular formula is C15H28N2O3. The van der Waals surface area contributed by atoms with Crippen LogP contribution >= 0.6 is 0 Å². The Hall–Kier alpha value is -1.36. The van der Waals surface area contributed by atoms with Gasteiger partial charge >= 0.3 is 0 Å². The second-order valence-electron chi connectivity index (χ2n) is 5.96. The second kappa shape index (κ2) is 9.53. The molecule has 5 heteroatoms. The Balaban J connectivity index is 3.63. The first-order chi connectivity index (χ1) is 9.24. The van der Waals surface area contributed by atoms with E-state index in [4.69, 9.17) is 0 Å². The van der Waals surface area contributed by atoms with Crippen molar-refractivity contribution in [3.05, 3.63) is 12.2 Å². The fourth-order valence-electron chi connectivity index (χ4n) is 1.94. The highest BCUT2D eigenvalue weighted by molar-refractivity contribution is 5.91. The number of hydrogen-bond acceptors (Lipinski definition) is 3. The molecule has 0 aliphatic heterocycles. The second-order valence-corrected chi connectivity index (χ2v) is 5.96. The minimum Gasteiger partial charge on any atom is -0.550 e. The zero-order valence-corrected chi connectivity index (χ0v) is 13.0. The molecule has 0 bridgehead atoms. The highest BCUT2D eigenvalue weighted by Gasteiger charge is 2.13. The molecule has 0 atom stereocenters. The molecule has 0 fully saturated rings.